The van der Waals surface area contributed by atoms with Gasteiger partial charge in [0, 0.05) is 29.3 Å². The summed E-state index contributed by atoms with van der Waals surface area (Å²) in [6.07, 6.45) is 2.73. The van der Waals surface area contributed by atoms with Crippen LogP contribution in [-0.2, 0) is 9.53 Å². The maximum Gasteiger partial charge on any atom is 0.323 e. The maximum absolute atomic E-state index is 11.9. The van der Waals surface area contributed by atoms with E-state index >= 15 is 0 Å². The maximum atomic E-state index is 11.9. The number of carboxylic acid groups (broad SMARTS) is 1. The Morgan fingerprint density at radius 3 is 1.96 bits per heavy atom. The molecule has 5 N–H and O–H groups in total. The lowest BCUT2D eigenvalue weighted by atomic mass is 9.67. The third-order valence-electron chi connectivity index (χ3n) is 6.97. The molecule has 2 fully saturated rings. The van der Waals surface area contributed by atoms with Gasteiger partial charge in [0.2, 0.25) is 0 Å². The summed E-state index contributed by atoms with van der Waals surface area (Å²) in [6, 6.07) is 0. The minimum atomic E-state index is -1.40. The summed E-state index contributed by atoms with van der Waals surface area (Å²) >= 11 is 0. The first kappa shape index (κ1) is 23.5. The van der Waals surface area contributed by atoms with Crippen LogP contribution in [-0.4, -0.2) is 72.5 Å². The SMILES string of the molecule is COC1CC(C)(C)N(O)C(C)(CCC2(C)CC(N)(C(=O)O)CC(C)(C)N2O)C1. The Bertz CT molecular complexity index is 613. The molecule has 0 aromatic rings. The van der Waals surface area contributed by atoms with Gasteiger partial charge in [0.05, 0.1) is 6.10 Å². The highest BCUT2D eigenvalue weighted by Crippen LogP contribution is 2.47. The number of aliphatic carboxylic acids is 1. The van der Waals surface area contributed by atoms with Crippen LogP contribution >= 0.6 is 0 Å². The second-order valence-electron chi connectivity index (χ2n) is 10.8. The van der Waals surface area contributed by atoms with Crippen molar-refractivity contribution in [2.45, 2.75) is 114 Å². The fourth-order valence-electron chi connectivity index (χ4n) is 5.68. The summed E-state index contributed by atoms with van der Waals surface area (Å²) in [5.41, 5.74) is 2.23. The van der Waals surface area contributed by atoms with Crippen LogP contribution in [0.15, 0.2) is 0 Å². The van der Waals surface area contributed by atoms with Gasteiger partial charge in [-0.25, -0.2) is 0 Å². The Labute approximate surface area is 168 Å². The molecule has 2 aliphatic heterocycles. The zero-order valence-electron chi connectivity index (χ0n) is 18.4. The van der Waals surface area contributed by atoms with Crippen LogP contribution in [0, 0.1) is 0 Å². The molecule has 8 nitrogen and oxygen atoms in total. The van der Waals surface area contributed by atoms with Crippen molar-refractivity contribution < 1.29 is 25.1 Å². The van der Waals surface area contributed by atoms with Crippen LogP contribution in [0.5, 0.6) is 0 Å². The van der Waals surface area contributed by atoms with Gasteiger partial charge in [-0.2, -0.15) is 10.1 Å². The predicted molar refractivity (Wildman–Crippen MR) is 105 cm³/mol. The van der Waals surface area contributed by atoms with E-state index in [-0.39, 0.29) is 18.9 Å². The number of hydrogen-bond acceptors (Lipinski definition) is 7. The number of rotatable bonds is 5. The molecule has 2 rings (SSSR count). The average molecular weight is 402 g/mol. The van der Waals surface area contributed by atoms with E-state index in [9.17, 15) is 20.3 Å². The number of carboxylic acids is 1. The van der Waals surface area contributed by atoms with E-state index in [0.717, 1.165) is 6.42 Å². The summed E-state index contributed by atoms with van der Waals surface area (Å²) in [4.78, 5) is 11.9. The summed E-state index contributed by atoms with van der Waals surface area (Å²) < 4.78 is 5.61. The van der Waals surface area contributed by atoms with E-state index in [2.05, 4.69) is 0 Å². The summed E-state index contributed by atoms with van der Waals surface area (Å²) in [7, 11) is 1.68. The molecule has 0 spiro atoms. The van der Waals surface area contributed by atoms with Crippen molar-refractivity contribution in [3.63, 3.8) is 0 Å². The van der Waals surface area contributed by atoms with Crippen LogP contribution in [0.3, 0.4) is 0 Å². The van der Waals surface area contributed by atoms with Crippen LogP contribution in [0.25, 0.3) is 0 Å². The number of methoxy groups -OCH3 is 1. The predicted octanol–water partition coefficient (Wildman–Crippen LogP) is 2.61. The highest BCUT2D eigenvalue weighted by molar-refractivity contribution is 5.79. The monoisotopic (exact) mass is 401 g/mol. The Hall–Kier alpha value is -0.770. The summed E-state index contributed by atoms with van der Waals surface area (Å²) in [5.74, 6) is -1.05. The van der Waals surface area contributed by atoms with E-state index in [1.807, 2.05) is 27.7 Å². The van der Waals surface area contributed by atoms with Crippen molar-refractivity contribution in [3.05, 3.63) is 0 Å². The van der Waals surface area contributed by atoms with Gasteiger partial charge in [0.1, 0.15) is 5.54 Å². The minimum absolute atomic E-state index is 0.0249. The lowest BCUT2D eigenvalue weighted by Gasteiger charge is -2.57. The molecule has 28 heavy (non-hydrogen) atoms. The Kier molecular flexibility index (Phi) is 6.03. The second kappa shape index (κ2) is 7.18. The van der Waals surface area contributed by atoms with Crippen LogP contribution < -0.4 is 5.73 Å². The zero-order valence-corrected chi connectivity index (χ0v) is 18.4. The van der Waals surface area contributed by atoms with Gasteiger partial charge < -0.3 is 26.0 Å². The lowest BCUT2D eigenvalue weighted by Crippen LogP contribution is -2.70. The molecule has 0 aromatic carbocycles. The molecule has 164 valence electrons. The molecule has 4 unspecified atom stereocenters. The number of nitrogens with zero attached hydrogens (tertiary/aromatic N) is 2. The Morgan fingerprint density at radius 2 is 1.46 bits per heavy atom. The summed E-state index contributed by atoms with van der Waals surface area (Å²) in [5, 5.41) is 34.3. The molecule has 8 heteroatoms. The van der Waals surface area contributed by atoms with E-state index in [1.54, 1.807) is 21.0 Å². The van der Waals surface area contributed by atoms with Crippen molar-refractivity contribution in [1.82, 2.24) is 10.1 Å². The molecule has 2 saturated heterocycles. The highest BCUT2D eigenvalue weighted by atomic mass is 16.5. The highest BCUT2D eigenvalue weighted by Gasteiger charge is 2.57. The molecule has 0 saturated carbocycles. The molecule has 2 heterocycles. The molecule has 2 aliphatic rings. The Balaban J connectivity index is 2.28. The van der Waals surface area contributed by atoms with E-state index in [4.69, 9.17) is 10.5 Å². The van der Waals surface area contributed by atoms with Crippen LogP contribution in [0.2, 0.25) is 0 Å². The van der Waals surface area contributed by atoms with E-state index in [0.29, 0.717) is 19.3 Å². The van der Waals surface area contributed by atoms with Crippen LogP contribution in [0.1, 0.15) is 80.1 Å². The third-order valence-corrected chi connectivity index (χ3v) is 6.97. The standard InChI is InChI=1S/C20H39N3O5/c1-16(2)10-14(28-7)11-18(5,22(16)26)8-9-19(6)13-20(21,15(24)25)12-17(3,4)23(19)27/h14,26-27H,8-13,21H2,1-7H3,(H,24,25). The molecule has 4 atom stereocenters. The quantitative estimate of drug-likeness (QED) is 0.555. The number of hydrogen-bond donors (Lipinski definition) is 4. The van der Waals surface area contributed by atoms with E-state index in [1.165, 1.54) is 10.1 Å². The lowest BCUT2D eigenvalue weighted by molar-refractivity contribution is -0.280. The molecule has 0 radical (unpaired) electrons. The normalized spacial score (nSPS) is 41.7. The van der Waals surface area contributed by atoms with Gasteiger partial charge in [0.15, 0.2) is 0 Å². The van der Waals surface area contributed by atoms with Crippen molar-refractivity contribution in [2.24, 2.45) is 5.73 Å². The Morgan fingerprint density at radius 1 is 0.964 bits per heavy atom. The van der Waals surface area contributed by atoms with Crippen molar-refractivity contribution in [1.29, 1.82) is 0 Å². The van der Waals surface area contributed by atoms with Crippen molar-refractivity contribution in [2.75, 3.05) is 7.11 Å². The van der Waals surface area contributed by atoms with Gasteiger partial charge >= 0.3 is 5.97 Å². The first-order valence-corrected chi connectivity index (χ1v) is 10.0. The smallest absolute Gasteiger partial charge is 0.323 e. The molecule has 0 bridgehead atoms. The molecular weight excluding hydrogens is 362 g/mol. The third kappa shape index (κ3) is 4.08. The van der Waals surface area contributed by atoms with Gasteiger partial charge in [-0.1, -0.05) is 0 Å². The molecule has 0 aromatic heterocycles. The van der Waals surface area contributed by atoms with Gasteiger partial charge in [-0.05, 0) is 80.1 Å². The number of nitrogens with two attached hydrogens (primary N) is 1. The van der Waals surface area contributed by atoms with Gasteiger partial charge in [0.25, 0.3) is 0 Å². The first-order valence-electron chi connectivity index (χ1n) is 10.0. The molecule has 0 aliphatic carbocycles. The fourth-order valence-corrected chi connectivity index (χ4v) is 5.68. The van der Waals surface area contributed by atoms with Crippen LogP contribution in [0.4, 0.5) is 0 Å². The fraction of sp³-hybridized carbons (Fsp3) is 0.950. The number of piperidine rings is 2. The topological polar surface area (TPSA) is 119 Å². The minimum Gasteiger partial charge on any atom is -0.480 e. The zero-order chi connectivity index (χ0) is 21.8. The molecule has 0 amide bonds. The van der Waals surface area contributed by atoms with Gasteiger partial charge in [-0.3, -0.25) is 4.79 Å². The van der Waals surface area contributed by atoms with Gasteiger partial charge in [-0.15, -0.1) is 0 Å². The molecular formula is C20H39N3O5. The number of carbonyl (C=O) groups is 1. The van der Waals surface area contributed by atoms with E-state index < -0.39 is 33.7 Å². The first-order chi connectivity index (χ1) is 12.5. The largest absolute Gasteiger partial charge is 0.480 e. The summed E-state index contributed by atoms with van der Waals surface area (Å²) in [6.45, 7) is 11.4. The number of hydroxylamine groups is 4. The van der Waals surface area contributed by atoms with Crippen molar-refractivity contribution >= 4 is 5.97 Å². The average Bonchev–Trinajstić information content (AvgIpc) is 2.55. The van der Waals surface area contributed by atoms with Crippen molar-refractivity contribution in [3.8, 4) is 0 Å². The number of ether oxygens (including phenoxy) is 1. The second-order valence-corrected chi connectivity index (χ2v) is 10.8.